The van der Waals surface area contributed by atoms with Crippen LogP contribution in [0, 0.1) is 0 Å². The number of carbonyl (C=O) groups is 2. The quantitative estimate of drug-likeness (QED) is 0.672. The van der Waals surface area contributed by atoms with E-state index in [1.165, 1.54) is 0 Å². The summed E-state index contributed by atoms with van der Waals surface area (Å²) in [6, 6.07) is 0. The standard InChI is InChI=1S/C12H22N4O2/c1-2-14-5-7-15(8-6-14)10-12(18)16-4-3-13-11(17)9-16/h2-10H2,1H3,(H,13,17). The Bertz CT molecular complexity index is 313. The Morgan fingerprint density at radius 3 is 2.44 bits per heavy atom. The molecule has 2 heterocycles. The van der Waals surface area contributed by atoms with E-state index in [0.29, 0.717) is 19.6 Å². The zero-order valence-corrected chi connectivity index (χ0v) is 11.0. The Morgan fingerprint density at radius 2 is 1.83 bits per heavy atom. The topological polar surface area (TPSA) is 55.9 Å². The molecule has 0 bridgehead atoms. The second kappa shape index (κ2) is 6.15. The third kappa shape index (κ3) is 3.43. The summed E-state index contributed by atoms with van der Waals surface area (Å²) < 4.78 is 0. The largest absolute Gasteiger partial charge is 0.353 e. The summed E-state index contributed by atoms with van der Waals surface area (Å²) in [5.74, 6) is 0.0280. The number of amides is 2. The van der Waals surface area contributed by atoms with E-state index < -0.39 is 0 Å². The van der Waals surface area contributed by atoms with E-state index in [9.17, 15) is 9.59 Å². The highest BCUT2D eigenvalue weighted by Gasteiger charge is 2.24. The van der Waals surface area contributed by atoms with Gasteiger partial charge in [-0.15, -0.1) is 0 Å². The summed E-state index contributed by atoms with van der Waals surface area (Å²) in [5.41, 5.74) is 0. The van der Waals surface area contributed by atoms with Gasteiger partial charge in [-0.1, -0.05) is 6.92 Å². The van der Waals surface area contributed by atoms with Gasteiger partial charge < -0.3 is 15.1 Å². The molecule has 102 valence electrons. The van der Waals surface area contributed by atoms with Gasteiger partial charge in [0.1, 0.15) is 0 Å². The molecule has 2 fully saturated rings. The van der Waals surface area contributed by atoms with Gasteiger partial charge in [-0.25, -0.2) is 0 Å². The second-order valence-corrected chi connectivity index (χ2v) is 4.88. The van der Waals surface area contributed by atoms with Crippen molar-refractivity contribution in [2.75, 3.05) is 58.9 Å². The summed E-state index contributed by atoms with van der Waals surface area (Å²) in [6.07, 6.45) is 0. The van der Waals surface area contributed by atoms with Gasteiger partial charge in [0.05, 0.1) is 13.1 Å². The Balaban J connectivity index is 1.75. The molecule has 0 saturated carbocycles. The molecular formula is C12H22N4O2. The third-order valence-electron chi connectivity index (χ3n) is 3.66. The first kappa shape index (κ1) is 13.3. The van der Waals surface area contributed by atoms with E-state index in [-0.39, 0.29) is 18.4 Å². The van der Waals surface area contributed by atoms with Crippen LogP contribution in [0.25, 0.3) is 0 Å². The van der Waals surface area contributed by atoms with Crippen LogP contribution < -0.4 is 5.32 Å². The molecule has 2 rings (SSSR count). The maximum absolute atomic E-state index is 12.1. The van der Waals surface area contributed by atoms with Crippen LogP contribution in [0.15, 0.2) is 0 Å². The number of hydrogen-bond donors (Lipinski definition) is 1. The van der Waals surface area contributed by atoms with Crippen LogP contribution in [0.2, 0.25) is 0 Å². The predicted molar refractivity (Wildman–Crippen MR) is 68.1 cm³/mol. The van der Waals surface area contributed by atoms with Crippen LogP contribution in [0.4, 0.5) is 0 Å². The highest BCUT2D eigenvalue weighted by atomic mass is 16.2. The van der Waals surface area contributed by atoms with Crippen molar-refractivity contribution in [2.45, 2.75) is 6.92 Å². The molecule has 18 heavy (non-hydrogen) atoms. The predicted octanol–water partition coefficient (Wildman–Crippen LogP) is -1.42. The summed E-state index contributed by atoms with van der Waals surface area (Å²) in [5, 5.41) is 2.73. The Hall–Kier alpha value is -1.14. The van der Waals surface area contributed by atoms with Gasteiger partial charge in [0.2, 0.25) is 11.8 Å². The van der Waals surface area contributed by atoms with Crippen LogP contribution in [-0.2, 0) is 9.59 Å². The first-order valence-corrected chi connectivity index (χ1v) is 6.68. The summed E-state index contributed by atoms with van der Waals surface area (Å²) in [7, 11) is 0. The fourth-order valence-corrected chi connectivity index (χ4v) is 2.41. The minimum atomic E-state index is -0.0506. The maximum Gasteiger partial charge on any atom is 0.239 e. The average Bonchev–Trinajstić information content (AvgIpc) is 2.39. The van der Waals surface area contributed by atoms with Crippen molar-refractivity contribution in [3.8, 4) is 0 Å². The van der Waals surface area contributed by atoms with E-state index >= 15 is 0 Å². The molecule has 2 saturated heterocycles. The zero-order chi connectivity index (χ0) is 13.0. The number of rotatable bonds is 3. The van der Waals surface area contributed by atoms with Gasteiger partial charge in [-0.05, 0) is 6.54 Å². The fourth-order valence-electron chi connectivity index (χ4n) is 2.41. The molecule has 2 aliphatic heterocycles. The number of carbonyl (C=O) groups excluding carboxylic acids is 2. The van der Waals surface area contributed by atoms with Crippen molar-refractivity contribution in [2.24, 2.45) is 0 Å². The highest BCUT2D eigenvalue weighted by molar-refractivity contribution is 5.86. The number of nitrogens with zero attached hydrogens (tertiary/aromatic N) is 3. The van der Waals surface area contributed by atoms with Crippen molar-refractivity contribution in [3.05, 3.63) is 0 Å². The normalized spacial score (nSPS) is 22.9. The summed E-state index contributed by atoms with van der Waals surface area (Å²) in [6.45, 7) is 9.07. The molecule has 6 nitrogen and oxygen atoms in total. The molecule has 0 spiro atoms. The average molecular weight is 254 g/mol. The first-order chi connectivity index (χ1) is 8.69. The zero-order valence-electron chi connectivity index (χ0n) is 11.0. The fraction of sp³-hybridized carbons (Fsp3) is 0.833. The molecule has 0 radical (unpaired) electrons. The van der Waals surface area contributed by atoms with Gasteiger partial charge in [0.15, 0.2) is 0 Å². The van der Waals surface area contributed by atoms with Crippen LogP contribution in [-0.4, -0.2) is 85.4 Å². The lowest BCUT2D eigenvalue weighted by Gasteiger charge is -2.35. The van der Waals surface area contributed by atoms with Gasteiger partial charge in [0, 0.05) is 39.3 Å². The van der Waals surface area contributed by atoms with Gasteiger partial charge >= 0.3 is 0 Å². The molecular weight excluding hydrogens is 232 g/mol. The van der Waals surface area contributed by atoms with E-state index in [1.807, 2.05) is 0 Å². The van der Waals surface area contributed by atoms with E-state index in [4.69, 9.17) is 0 Å². The number of nitrogens with one attached hydrogen (secondary N) is 1. The van der Waals surface area contributed by atoms with Crippen LogP contribution in [0.5, 0.6) is 0 Å². The molecule has 6 heteroatoms. The molecule has 0 unspecified atom stereocenters. The van der Waals surface area contributed by atoms with E-state index in [0.717, 1.165) is 32.7 Å². The molecule has 0 aromatic heterocycles. The molecule has 1 N–H and O–H groups in total. The van der Waals surface area contributed by atoms with Gasteiger partial charge in [-0.3, -0.25) is 14.5 Å². The SMILES string of the molecule is CCN1CCN(CC(=O)N2CCNC(=O)C2)CC1. The molecule has 0 aromatic rings. The Labute approximate surface area is 108 Å². The van der Waals surface area contributed by atoms with Crippen LogP contribution in [0.3, 0.4) is 0 Å². The van der Waals surface area contributed by atoms with Crippen molar-refractivity contribution >= 4 is 11.8 Å². The number of piperazine rings is 2. The van der Waals surface area contributed by atoms with E-state index in [2.05, 4.69) is 22.0 Å². The van der Waals surface area contributed by atoms with Crippen molar-refractivity contribution in [1.82, 2.24) is 20.0 Å². The maximum atomic E-state index is 12.1. The lowest BCUT2D eigenvalue weighted by molar-refractivity contribution is -0.139. The lowest BCUT2D eigenvalue weighted by atomic mass is 10.3. The van der Waals surface area contributed by atoms with Crippen molar-refractivity contribution in [3.63, 3.8) is 0 Å². The minimum Gasteiger partial charge on any atom is -0.353 e. The van der Waals surface area contributed by atoms with Crippen LogP contribution in [0.1, 0.15) is 6.92 Å². The van der Waals surface area contributed by atoms with Gasteiger partial charge in [-0.2, -0.15) is 0 Å². The Morgan fingerprint density at radius 1 is 1.17 bits per heavy atom. The number of hydrogen-bond acceptors (Lipinski definition) is 4. The molecule has 2 aliphatic rings. The molecule has 0 aromatic carbocycles. The highest BCUT2D eigenvalue weighted by Crippen LogP contribution is 2.03. The van der Waals surface area contributed by atoms with E-state index in [1.54, 1.807) is 4.90 Å². The number of likely N-dealkylation sites (N-methyl/N-ethyl adjacent to an activating group) is 1. The minimum absolute atomic E-state index is 0.0506. The molecule has 0 atom stereocenters. The smallest absolute Gasteiger partial charge is 0.239 e. The third-order valence-corrected chi connectivity index (χ3v) is 3.66. The molecule has 2 amide bonds. The molecule has 0 aliphatic carbocycles. The van der Waals surface area contributed by atoms with Crippen molar-refractivity contribution in [1.29, 1.82) is 0 Å². The summed E-state index contributed by atoms with van der Waals surface area (Å²) in [4.78, 5) is 29.5. The van der Waals surface area contributed by atoms with Gasteiger partial charge in [0.25, 0.3) is 0 Å². The monoisotopic (exact) mass is 254 g/mol. The summed E-state index contributed by atoms with van der Waals surface area (Å²) >= 11 is 0. The second-order valence-electron chi connectivity index (χ2n) is 4.88. The Kier molecular flexibility index (Phi) is 4.54. The lowest BCUT2D eigenvalue weighted by Crippen LogP contribution is -2.54. The van der Waals surface area contributed by atoms with Crippen molar-refractivity contribution < 1.29 is 9.59 Å². The first-order valence-electron chi connectivity index (χ1n) is 6.68. The van der Waals surface area contributed by atoms with Crippen LogP contribution >= 0.6 is 0 Å².